The number of phenols is 2. The van der Waals surface area contributed by atoms with Crippen molar-refractivity contribution in [2.45, 2.75) is 25.7 Å². The number of ether oxygens (including phenoxy) is 1. The molecule has 2 amide bonds. The smallest absolute Gasteiger partial charge is 0.326 e. The number of carbonyl (C=O) groups is 2. The number of nitrogens with zero attached hydrogens (tertiary/aromatic N) is 3. The first kappa shape index (κ1) is 36.7. The second kappa shape index (κ2) is 15.6. The number of hydrogen-bond acceptors (Lipinski definition) is 10. The van der Waals surface area contributed by atoms with Crippen LogP contribution in [0.3, 0.4) is 0 Å². The largest absolute Gasteiger partial charge is 0.506 e. The first-order valence-electron chi connectivity index (χ1n) is 16.4. The van der Waals surface area contributed by atoms with Crippen LogP contribution in [0.1, 0.15) is 22.3 Å². The van der Waals surface area contributed by atoms with Gasteiger partial charge in [-0.3, -0.25) is 14.6 Å². The molecule has 14 nitrogen and oxygen atoms in total. The molecule has 2 aliphatic rings. The van der Waals surface area contributed by atoms with E-state index < -0.39 is 32.2 Å². The minimum absolute atomic E-state index is 0.0829. The van der Waals surface area contributed by atoms with E-state index in [0.29, 0.717) is 12.8 Å². The van der Waals surface area contributed by atoms with Crippen LogP contribution in [0, 0.1) is 0 Å². The molecule has 1 aromatic heterocycles. The van der Waals surface area contributed by atoms with Crippen LogP contribution < -0.4 is 22.8 Å². The molecule has 3 heterocycles. The van der Waals surface area contributed by atoms with Crippen LogP contribution in [0.5, 0.6) is 23.0 Å². The van der Waals surface area contributed by atoms with Gasteiger partial charge >= 0.3 is 20.4 Å². The molecule has 0 saturated carbocycles. The van der Waals surface area contributed by atoms with Gasteiger partial charge in [-0.2, -0.15) is 16.8 Å². The number of benzene rings is 4. The summed E-state index contributed by atoms with van der Waals surface area (Å²) in [6, 6.07) is 30.7. The summed E-state index contributed by atoms with van der Waals surface area (Å²) < 4.78 is 58.7. The standard InChI is InChI=1S/C22H20N2O5S.C15H15N3O4S/c25-21-14-17(10-13-20(21)24-15-22(26)23-30(24,27)28)7-6-16-8-11-19(12-9-16)29-18-4-2-1-3-5-18;19-14-9-12(2-1-11-5-7-16-8-6-11)3-4-13(14)18-10-15(20)17-23(18,21)22/h1-5,8-14,25H,6-7,15H2,(H,23,26);3-9,19H,1-2,10H2,(H,17,20). The summed E-state index contributed by atoms with van der Waals surface area (Å²) in [5, 5.41) is 20.4. The van der Waals surface area contributed by atoms with Crippen molar-refractivity contribution < 1.29 is 41.4 Å². The van der Waals surface area contributed by atoms with Gasteiger partial charge in [-0.05, 0) is 109 Å². The van der Waals surface area contributed by atoms with Crippen LogP contribution in [0.4, 0.5) is 11.4 Å². The fourth-order valence-corrected chi connectivity index (χ4v) is 7.99. The lowest BCUT2D eigenvalue weighted by molar-refractivity contribution is -0.118. The normalized spacial score (nSPS) is 15.6. The number of anilines is 2. The Labute approximate surface area is 306 Å². The van der Waals surface area contributed by atoms with E-state index in [9.17, 15) is 36.6 Å². The highest BCUT2D eigenvalue weighted by atomic mass is 32.2. The molecule has 0 spiro atoms. The molecular weight excluding hydrogens is 723 g/mol. The quantitative estimate of drug-likeness (QED) is 0.162. The fraction of sp³-hybridized carbons (Fsp3) is 0.162. The lowest BCUT2D eigenvalue weighted by atomic mass is 10.0. The molecule has 274 valence electrons. The summed E-state index contributed by atoms with van der Waals surface area (Å²) in [6.07, 6.45) is 6.32. The number of carbonyl (C=O) groups excluding carboxylic acids is 2. The van der Waals surface area contributed by atoms with Crippen molar-refractivity contribution in [2.24, 2.45) is 0 Å². The highest BCUT2D eigenvalue weighted by Gasteiger charge is 2.36. The molecule has 2 aliphatic heterocycles. The van der Waals surface area contributed by atoms with Gasteiger partial charge in [0.15, 0.2) is 0 Å². The molecular formula is C37H35N5O9S2. The predicted octanol–water partition coefficient (Wildman–Crippen LogP) is 3.90. The van der Waals surface area contributed by atoms with Gasteiger partial charge in [-0.1, -0.05) is 42.5 Å². The maximum atomic E-state index is 11.9. The molecule has 0 radical (unpaired) electrons. The zero-order valence-electron chi connectivity index (χ0n) is 28.1. The predicted molar refractivity (Wildman–Crippen MR) is 197 cm³/mol. The van der Waals surface area contributed by atoms with Crippen LogP contribution in [0.2, 0.25) is 0 Å². The van der Waals surface area contributed by atoms with Crippen molar-refractivity contribution in [1.29, 1.82) is 0 Å². The highest BCUT2D eigenvalue weighted by Crippen LogP contribution is 2.33. The Morgan fingerprint density at radius 3 is 1.42 bits per heavy atom. The van der Waals surface area contributed by atoms with Gasteiger partial charge in [0.25, 0.3) is 11.8 Å². The van der Waals surface area contributed by atoms with E-state index in [1.54, 1.807) is 24.5 Å². The van der Waals surface area contributed by atoms with Crippen LogP contribution in [0.15, 0.2) is 116 Å². The number of aromatic nitrogens is 1. The van der Waals surface area contributed by atoms with Gasteiger partial charge in [-0.15, -0.1) is 0 Å². The fourth-order valence-electron chi connectivity index (χ4n) is 5.67. The molecule has 0 unspecified atom stereocenters. The van der Waals surface area contributed by atoms with E-state index >= 15 is 0 Å². The SMILES string of the molecule is O=C1CN(c2ccc(CCc3ccc(Oc4ccccc4)cc3)cc2O)S(=O)(=O)N1.O=C1CN(c2ccc(CCc3ccncc3)cc2O)S(=O)(=O)N1. The molecule has 5 aromatic rings. The first-order chi connectivity index (χ1) is 25.4. The Bertz CT molecular complexity index is 2330. The molecule has 0 aliphatic carbocycles. The van der Waals surface area contributed by atoms with Crippen molar-refractivity contribution >= 4 is 43.6 Å². The highest BCUT2D eigenvalue weighted by molar-refractivity contribution is 7.92. The Kier molecular flexibility index (Phi) is 10.8. The number of phenolic OH excluding ortho intramolecular Hbond substituents is 2. The van der Waals surface area contributed by atoms with Gasteiger partial charge in [0.1, 0.15) is 36.1 Å². The van der Waals surface area contributed by atoms with Gasteiger partial charge < -0.3 is 14.9 Å². The van der Waals surface area contributed by atoms with Crippen molar-refractivity contribution in [1.82, 2.24) is 14.4 Å². The van der Waals surface area contributed by atoms with Gasteiger partial charge in [-0.25, -0.2) is 18.1 Å². The molecule has 4 N–H and O–H groups in total. The zero-order valence-corrected chi connectivity index (χ0v) is 29.8. The van der Waals surface area contributed by atoms with E-state index in [0.717, 1.165) is 55.2 Å². The Morgan fingerprint density at radius 2 is 0.981 bits per heavy atom. The number of nitrogens with one attached hydrogen (secondary N) is 2. The number of aromatic hydroxyl groups is 2. The second-order valence-corrected chi connectivity index (χ2v) is 15.3. The third kappa shape index (κ3) is 9.22. The minimum Gasteiger partial charge on any atom is -0.506 e. The molecule has 0 atom stereocenters. The summed E-state index contributed by atoms with van der Waals surface area (Å²) in [4.78, 5) is 26.6. The van der Waals surface area contributed by atoms with Crippen molar-refractivity contribution in [3.8, 4) is 23.0 Å². The van der Waals surface area contributed by atoms with Crippen LogP contribution >= 0.6 is 0 Å². The summed E-state index contributed by atoms with van der Waals surface area (Å²) in [7, 11) is -7.86. The zero-order chi connectivity index (χ0) is 37.6. The van der Waals surface area contributed by atoms with Crippen LogP contribution in [-0.4, -0.2) is 56.9 Å². The molecule has 16 heteroatoms. The van der Waals surface area contributed by atoms with Crippen LogP contribution in [-0.2, 0) is 55.7 Å². The third-order valence-corrected chi connectivity index (χ3v) is 11.1. The molecule has 53 heavy (non-hydrogen) atoms. The maximum absolute atomic E-state index is 11.9. The monoisotopic (exact) mass is 757 g/mol. The molecule has 4 aromatic carbocycles. The minimum atomic E-state index is -3.94. The number of pyridine rings is 1. The number of aryl methyl sites for hydroxylation is 4. The average Bonchev–Trinajstić information content (AvgIpc) is 3.57. The Balaban J connectivity index is 0.000000188. The number of hydrogen-bond donors (Lipinski definition) is 4. The Morgan fingerprint density at radius 1 is 0.566 bits per heavy atom. The van der Waals surface area contributed by atoms with E-state index in [2.05, 4.69) is 4.98 Å². The van der Waals surface area contributed by atoms with Crippen molar-refractivity contribution in [2.75, 3.05) is 21.7 Å². The van der Waals surface area contributed by atoms with Crippen LogP contribution in [0.25, 0.3) is 0 Å². The lowest BCUT2D eigenvalue weighted by Gasteiger charge is -2.16. The molecule has 0 bridgehead atoms. The molecule has 2 fully saturated rings. The molecule has 7 rings (SSSR count). The summed E-state index contributed by atoms with van der Waals surface area (Å²) in [5.41, 5.74) is 4.14. The topological polar surface area (TPSA) is 196 Å². The lowest BCUT2D eigenvalue weighted by Crippen LogP contribution is -2.29. The molecule has 2 saturated heterocycles. The third-order valence-electron chi connectivity index (χ3n) is 8.31. The van der Waals surface area contributed by atoms with E-state index in [-0.39, 0.29) is 36.0 Å². The van der Waals surface area contributed by atoms with Gasteiger partial charge in [0, 0.05) is 12.4 Å². The summed E-state index contributed by atoms with van der Waals surface area (Å²) >= 11 is 0. The van der Waals surface area contributed by atoms with Gasteiger partial charge in [0.05, 0.1) is 11.4 Å². The summed E-state index contributed by atoms with van der Waals surface area (Å²) in [5.74, 6) is -0.0690. The van der Waals surface area contributed by atoms with Crippen molar-refractivity contribution in [3.63, 3.8) is 0 Å². The maximum Gasteiger partial charge on any atom is 0.326 e. The van der Waals surface area contributed by atoms with E-state index in [1.165, 1.54) is 24.3 Å². The van der Waals surface area contributed by atoms with Crippen molar-refractivity contribution in [3.05, 3.63) is 138 Å². The second-order valence-electron chi connectivity index (χ2n) is 12.1. The Hall–Kier alpha value is -6.13. The van der Waals surface area contributed by atoms with E-state index in [1.807, 2.05) is 76.2 Å². The number of amides is 2. The van der Waals surface area contributed by atoms with Gasteiger partial charge in [0.2, 0.25) is 0 Å². The summed E-state index contributed by atoms with van der Waals surface area (Å²) in [6.45, 7) is -0.668. The first-order valence-corrected chi connectivity index (χ1v) is 19.3. The average molecular weight is 758 g/mol. The number of para-hydroxylation sites is 1. The van der Waals surface area contributed by atoms with E-state index in [4.69, 9.17) is 4.74 Å². The number of rotatable bonds is 10.